The number of nitrogens with one attached hydrogen (secondary N) is 1. The third kappa shape index (κ3) is 3.72. The van der Waals surface area contributed by atoms with Gasteiger partial charge in [0.05, 0.1) is 18.7 Å². The molecule has 1 amide bonds. The second-order valence-electron chi connectivity index (χ2n) is 6.66. The minimum atomic E-state index is -0.0428. The number of carbonyl (C=O) groups is 1. The third-order valence-electron chi connectivity index (χ3n) is 4.57. The molecule has 8 heteroatoms. The number of aromatic amines is 1. The molecule has 1 aliphatic rings. The Labute approximate surface area is 163 Å². The Hall–Kier alpha value is -3.26. The van der Waals surface area contributed by atoms with Crippen molar-refractivity contribution >= 4 is 11.9 Å². The average Bonchev–Trinajstić information content (AvgIpc) is 3.11. The number of H-pyrrole nitrogens is 1. The number of benzene rings is 1. The zero-order valence-electron chi connectivity index (χ0n) is 15.9. The Bertz CT molecular complexity index is 952. The average molecular weight is 378 g/mol. The van der Waals surface area contributed by atoms with Gasteiger partial charge < -0.3 is 9.88 Å². The molecule has 2 aromatic heterocycles. The lowest BCUT2D eigenvalue weighted by Crippen LogP contribution is -2.36. The van der Waals surface area contributed by atoms with Gasteiger partial charge in [-0.1, -0.05) is 18.2 Å². The Balaban J connectivity index is 1.53. The first kappa shape index (κ1) is 18.1. The van der Waals surface area contributed by atoms with Crippen LogP contribution >= 0.6 is 0 Å². The van der Waals surface area contributed by atoms with E-state index in [4.69, 9.17) is 4.84 Å². The van der Waals surface area contributed by atoms with Crippen LogP contribution in [0.2, 0.25) is 0 Å². The summed E-state index contributed by atoms with van der Waals surface area (Å²) < 4.78 is 0. The fraction of sp³-hybridized carbons (Fsp3) is 0.300. The van der Waals surface area contributed by atoms with E-state index in [0.717, 1.165) is 17.0 Å². The number of carbonyl (C=O) groups excluding carboxylic acids is 1. The molecule has 28 heavy (non-hydrogen) atoms. The summed E-state index contributed by atoms with van der Waals surface area (Å²) >= 11 is 0. The number of nitrogens with zero attached hydrogens (tertiary/aromatic N) is 5. The van der Waals surface area contributed by atoms with E-state index in [1.807, 2.05) is 44.2 Å². The largest absolute Gasteiger partial charge is 0.345 e. The van der Waals surface area contributed by atoms with Crippen LogP contribution in [0.1, 0.15) is 21.7 Å². The van der Waals surface area contributed by atoms with Crippen LogP contribution in [-0.2, 0) is 4.84 Å². The first-order valence-electron chi connectivity index (χ1n) is 9.22. The second-order valence-corrected chi connectivity index (χ2v) is 6.66. The van der Waals surface area contributed by atoms with Crippen molar-refractivity contribution in [2.45, 2.75) is 13.8 Å². The first-order valence-corrected chi connectivity index (χ1v) is 9.22. The maximum atomic E-state index is 13.2. The van der Waals surface area contributed by atoms with Crippen LogP contribution in [0.25, 0.3) is 11.4 Å². The topological polar surface area (TPSA) is 87.2 Å². The van der Waals surface area contributed by atoms with Gasteiger partial charge in [0, 0.05) is 42.4 Å². The maximum absolute atomic E-state index is 13.2. The highest BCUT2D eigenvalue weighted by molar-refractivity contribution is 6.00. The normalized spacial score (nSPS) is 14.8. The van der Waals surface area contributed by atoms with Gasteiger partial charge in [-0.25, -0.2) is 20.0 Å². The van der Waals surface area contributed by atoms with Crippen molar-refractivity contribution in [1.29, 1.82) is 0 Å². The van der Waals surface area contributed by atoms with Crippen LogP contribution in [0, 0.1) is 13.8 Å². The van der Waals surface area contributed by atoms with Crippen LogP contribution < -0.4 is 5.06 Å². The molecule has 3 aromatic rings. The molecular weight excluding hydrogens is 356 g/mol. The Kier molecular flexibility index (Phi) is 5.03. The number of anilines is 1. The summed E-state index contributed by atoms with van der Waals surface area (Å²) in [6.07, 6.45) is 3.43. The standard InChI is InChI=1S/C20H22N6O2/c1-14-13-15(2)24-20(23-14)26-10-9-25(11-12-28-26)19(27)17-6-4-3-5-16(17)18-21-7-8-22-18/h3-8,13H,9-12H2,1-2H3,(H,21,22). The number of aromatic nitrogens is 4. The SMILES string of the molecule is Cc1cc(C)nc(N2CCN(C(=O)c3ccccc3-c3ncc[nH]3)CCO2)n1. The quantitative estimate of drug-likeness (QED) is 0.753. The first-order chi connectivity index (χ1) is 13.6. The molecule has 1 N–H and O–H groups in total. The Morgan fingerprint density at radius 2 is 1.89 bits per heavy atom. The van der Waals surface area contributed by atoms with Crippen LogP contribution in [0.15, 0.2) is 42.7 Å². The van der Waals surface area contributed by atoms with E-state index in [1.165, 1.54) is 0 Å². The van der Waals surface area contributed by atoms with Gasteiger partial charge >= 0.3 is 0 Å². The van der Waals surface area contributed by atoms with Gasteiger partial charge in [-0.05, 0) is 26.0 Å². The highest BCUT2D eigenvalue weighted by Gasteiger charge is 2.24. The highest BCUT2D eigenvalue weighted by atomic mass is 16.7. The molecule has 0 spiro atoms. The van der Waals surface area contributed by atoms with E-state index in [9.17, 15) is 4.79 Å². The molecule has 0 bridgehead atoms. The van der Waals surface area contributed by atoms with Gasteiger partial charge in [0.25, 0.3) is 5.91 Å². The molecule has 0 saturated carbocycles. The van der Waals surface area contributed by atoms with Crippen molar-refractivity contribution in [1.82, 2.24) is 24.8 Å². The fourth-order valence-corrected chi connectivity index (χ4v) is 3.29. The summed E-state index contributed by atoms with van der Waals surface area (Å²) in [6, 6.07) is 9.42. The number of hydrogen-bond donors (Lipinski definition) is 1. The van der Waals surface area contributed by atoms with Crippen LogP contribution in [0.4, 0.5) is 5.95 Å². The third-order valence-corrected chi connectivity index (χ3v) is 4.57. The summed E-state index contributed by atoms with van der Waals surface area (Å²) in [5, 5.41) is 1.67. The smallest absolute Gasteiger partial charge is 0.254 e. The van der Waals surface area contributed by atoms with Crippen molar-refractivity contribution in [3.05, 3.63) is 59.7 Å². The van der Waals surface area contributed by atoms with Gasteiger partial charge in [-0.2, -0.15) is 0 Å². The van der Waals surface area contributed by atoms with Crippen molar-refractivity contribution in [2.24, 2.45) is 0 Å². The monoisotopic (exact) mass is 378 g/mol. The molecule has 1 aliphatic heterocycles. The lowest BCUT2D eigenvalue weighted by atomic mass is 10.1. The van der Waals surface area contributed by atoms with E-state index in [1.54, 1.807) is 22.4 Å². The number of imidazole rings is 1. The zero-order valence-corrected chi connectivity index (χ0v) is 15.9. The van der Waals surface area contributed by atoms with Crippen molar-refractivity contribution < 1.29 is 9.63 Å². The number of amides is 1. The van der Waals surface area contributed by atoms with E-state index in [2.05, 4.69) is 19.9 Å². The summed E-state index contributed by atoms with van der Waals surface area (Å²) in [4.78, 5) is 37.1. The Morgan fingerprint density at radius 1 is 1.11 bits per heavy atom. The van der Waals surface area contributed by atoms with Crippen molar-refractivity contribution in [3.8, 4) is 11.4 Å². The van der Waals surface area contributed by atoms with Gasteiger partial charge in [-0.15, -0.1) is 0 Å². The van der Waals surface area contributed by atoms with Gasteiger partial charge in [-0.3, -0.25) is 9.63 Å². The highest BCUT2D eigenvalue weighted by Crippen LogP contribution is 2.22. The summed E-state index contributed by atoms with van der Waals surface area (Å²) in [5.74, 6) is 1.17. The summed E-state index contributed by atoms with van der Waals surface area (Å²) in [5.41, 5.74) is 3.18. The van der Waals surface area contributed by atoms with Crippen LogP contribution in [0.5, 0.6) is 0 Å². The summed E-state index contributed by atoms with van der Waals surface area (Å²) in [7, 11) is 0. The minimum Gasteiger partial charge on any atom is -0.345 e. The molecule has 0 aliphatic carbocycles. The molecule has 144 valence electrons. The van der Waals surface area contributed by atoms with Gasteiger partial charge in [0.15, 0.2) is 0 Å². The van der Waals surface area contributed by atoms with Gasteiger partial charge in [0.2, 0.25) is 5.95 Å². The maximum Gasteiger partial charge on any atom is 0.254 e. The number of aryl methyl sites for hydroxylation is 2. The molecule has 1 fully saturated rings. The molecule has 1 aromatic carbocycles. The molecule has 1 saturated heterocycles. The molecule has 0 atom stereocenters. The zero-order chi connectivity index (χ0) is 19.5. The predicted octanol–water partition coefficient (Wildman–Crippen LogP) is 2.38. The van der Waals surface area contributed by atoms with Gasteiger partial charge in [0.1, 0.15) is 5.82 Å². The van der Waals surface area contributed by atoms with E-state index < -0.39 is 0 Å². The molecule has 0 radical (unpaired) electrons. The van der Waals surface area contributed by atoms with E-state index >= 15 is 0 Å². The van der Waals surface area contributed by atoms with E-state index in [-0.39, 0.29) is 5.91 Å². The predicted molar refractivity (Wildman–Crippen MR) is 105 cm³/mol. The molecule has 8 nitrogen and oxygen atoms in total. The molecular formula is C20H22N6O2. The lowest BCUT2D eigenvalue weighted by molar-refractivity contribution is 0.0730. The second kappa shape index (κ2) is 7.77. The van der Waals surface area contributed by atoms with E-state index in [0.29, 0.717) is 43.6 Å². The number of rotatable bonds is 3. The molecule has 4 rings (SSSR count). The van der Waals surface area contributed by atoms with Crippen LogP contribution in [0.3, 0.4) is 0 Å². The number of hydrogen-bond acceptors (Lipinski definition) is 6. The van der Waals surface area contributed by atoms with Crippen molar-refractivity contribution in [3.63, 3.8) is 0 Å². The summed E-state index contributed by atoms with van der Waals surface area (Å²) in [6.45, 7) is 5.74. The molecule has 3 heterocycles. The van der Waals surface area contributed by atoms with Crippen molar-refractivity contribution in [2.75, 3.05) is 31.3 Å². The lowest BCUT2D eigenvalue weighted by Gasteiger charge is -2.21. The van der Waals surface area contributed by atoms with Crippen LogP contribution in [-0.4, -0.2) is 57.0 Å². The number of hydroxylamine groups is 1. The Morgan fingerprint density at radius 3 is 2.64 bits per heavy atom. The fourth-order valence-electron chi connectivity index (χ4n) is 3.29. The molecule has 0 unspecified atom stereocenters. The minimum absolute atomic E-state index is 0.0428.